The van der Waals surface area contributed by atoms with Crippen LogP contribution >= 0.6 is 0 Å². The summed E-state index contributed by atoms with van der Waals surface area (Å²) in [4.78, 5) is 0. The van der Waals surface area contributed by atoms with E-state index in [9.17, 15) is 0 Å². The van der Waals surface area contributed by atoms with Gasteiger partial charge in [-0.05, 0) is 0 Å². The third-order valence-electron chi connectivity index (χ3n) is 11.9. The molecule has 0 N–H and O–H groups in total. The quantitative estimate of drug-likeness (QED) is 0.125. The summed E-state index contributed by atoms with van der Waals surface area (Å²) in [5.74, 6) is 0. The summed E-state index contributed by atoms with van der Waals surface area (Å²) in [6.07, 6.45) is 2.24. The van der Waals surface area contributed by atoms with Crippen LogP contribution in [0.4, 0.5) is 0 Å². The van der Waals surface area contributed by atoms with Gasteiger partial charge in [-0.25, -0.2) is 0 Å². The summed E-state index contributed by atoms with van der Waals surface area (Å²) in [5, 5.41) is 2.74. The molecule has 0 aliphatic carbocycles. The van der Waals surface area contributed by atoms with Crippen LogP contribution in [0.2, 0.25) is 0 Å². The van der Waals surface area contributed by atoms with Crippen molar-refractivity contribution in [3.8, 4) is 28.1 Å². The molecule has 4 heteroatoms. The Morgan fingerprint density at radius 3 is 1.98 bits per heavy atom. The van der Waals surface area contributed by atoms with Crippen LogP contribution in [0.5, 0.6) is 0 Å². The zero-order chi connectivity index (χ0) is 37.4. The molecule has 0 spiro atoms. The van der Waals surface area contributed by atoms with E-state index in [0.29, 0.717) is 0 Å². The van der Waals surface area contributed by atoms with Gasteiger partial charge in [0, 0.05) is 0 Å². The van der Waals surface area contributed by atoms with E-state index in [4.69, 9.17) is 0 Å². The van der Waals surface area contributed by atoms with Crippen molar-refractivity contribution in [2.24, 2.45) is 7.05 Å². The van der Waals surface area contributed by atoms with Crippen molar-refractivity contribution >= 4 is 68.8 Å². The van der Waals surface area contributed by atoms with Crippen molar-refractivity contribution < 1.29 is 4.57 Å². The second-order valence-electron chi connectivity index (χ2n) is 18.7. The number of aromatic nitrogens is 2. The van der Waals surface area contributed by atoms with Crippen LogP contribution in [0.1, 0.15) is 84.6 Å². The van der Waals surface area contributed by atoms with Gasteiger partial charge in [0.25, 0.3) is 0 Å². The Balaban J connectivity index is 1.40. The van der Waals surface area contributed by atoms with Gasteiger partial charge in [-0.2, -0.15) is 0 Å². The van der Waals surface area contributed by atoms with E-state index in [-0.39, 0.29) is 37.9 Å². The van der Waals surface area contributed by atoms with Gasteiger partial charge in [-0.3, -0.25) is 0 Å². The summed E-state index contributed by atoms with van der Waals surface area (Å²) in [6.45, 7) is 23.6. The van der Waals surface area contributed by atoms with Crippen LogP contribution in [0.25, 0.3) is 49.9 Å². The molecule has 0 bridgehead atoms. The van der Waals surface area contributed by atoms with Crippen molar-refractivity contribution in [2.75, 3.05) is 0 Å². The second kappa shape index (κ2) is 11.6. The van der Waals surface area contributed by atoms with Crippen molar-refractivity contribution in [3.63, 3.8) is 0 Å². The Morgan fingerprint density at radius 2 is 1.26 bits per heavy atom. The summed E-state index contributed by atoms with van der Waals surface area (Å²) >= 11 is 0.168. The van der Waals surface area contributed by atoms with Crippen LogP contribution in [0.15, 0.2) is 103 Å². The Labute approximate surface area is 322 Å². The summed E-state index contributed by atoms with van der Waals surface area (Å²) in [5.41, 5.74) is 19.2. The fraction of sp³-hybridized carbons (Fsp3) is 0.286. The van der Waals surface area contributed by atoms with E-state index in [0.717, 1.165) is 0 Å². The van der Waals surface area contributed by atoms with E-state index in [1.165, 1.54) is 97.4 Å². The normalized spacial score (nSPS) is 13.8. The second-order valence-corrected chi connectivity index (χ2v) is 21.0. The van der Waals surface area contributed by atoms with Crippen LogP contribution in [0, 0.1) is 6.92 Å². The third-order valence-corrected chi connectivity index (χ3v) is 14.3. The third kappa shape index (κ3) is 5.39. The SMILES string of the molecule is Cc1ccccc1-c1cc(-c2cc3c4c(c2)-n2c5ccc(C(C)(C)C)cc5c5cc(C(C)(C)C)cc(c52)B4c2cc(C(C)(C)C)ccc2[Se]3)cc[n+]1C. The summed E-state index contributed by atoms with van der Waals surface area (Å²) in [6, 6.07) is 38.3. The molecule has 0 radical (unpaired) electrons. The Bertz CT molecular complexity index is 2670. The van der Waals surface area contributed by atoms with E-state index in [1.807, 2.05) is 0 Å². The molecule has 9 rings (SSSR count). The van der Waals surface area contributed by atoms with Crippen molar-refractivity contribution in [3.05, 3.63) is 126 Å². The fourth-order valence-electron chi connectivity index (χ4n) is 8.69. The molecule has 4 heterocycles. The first-order valence-electron chi connectivity index (χ1n) is 19.2. The Hall–Kier alpha value is -4.37. The van der Waals surface area contributed by atoms with Crippen LogP contribution in [-0.4, -0.2) is 26.2 Å². The minimum atomic E-state index is 0.0146. The zero-order valence-corrected chi connectivity index (χ0v) is 34.9. The molecule has 0 unspecified atom stereocenters. The number of hydrogen-bond acceptors (Lipinski definition) is 0. The predicted molar refractivity (Wildman–Crippen MR) is 230 cm³/mol. The molecule has 264 valence electrons. The molecule has 0 saturated carbocycles. The van der Waals surface area contributed by atoms with Gasteiger partial charge >= 0.3 is 324 Å². The van der Waals surface area contributed by atoms with Gasteiger partial charge < -0.3 is 0 Å². The first kappa shape index (κ1) is 34.4. The molecule has 0 saturated heterocycles. The molecule has 0 amide bonds. The number of pyridine rings is 1. The van der Waals surface area contributed by atoms with Gasteiger partial charge in [0.2, 0.25) is 0 Å². The molecular weight excluding hydrogens is 706 g/mol. The van der Waals surface area contributed by atoms with E-state index in [2.05, 4.69) is 189 Å². The van der Waals surface area contributed by atoms with Gasteiger partial charge in [0.1, 0.15) is 0 Å². The molecule has 5 aromatic carbocycles. The molecule has 0 fully saturated rings. The van der Waals surface area contributed by atoms with Crippen molar-refractivity contribution in [2.45, 2.75) is 85.5 Å². The molecule has 0 atom stereocenters. The first-order chi connectivity index (χ1) is 25.0. The summed E-state index contributed by atoms with van der Waals surface area (Å²) in [7, 11) is 2.16. The van der Waals surface area contributed by atoms with Crippen LogP contribution in [0.3, 0.4) is 0 Å². The number of aryl methyl sites for hydroxylation is 2. The monoisotopic (exact) mass is 757 g/mol. The van der Waals surface area contributed by atoms with E-state index < -0.39 is 0 Å². The van der Waals surface area contributed by atoms with Crippen molar-refractivity contribution in [1.29, 1.82) is 0 Å². The topological polar surface area (TPSA) is 8.81 Å². The Morgan fingerprint density at radius 1 is 0.604 bits per heavy atom. The molecule has 2 aromatic heterocycles. The molecular formula is C49H50BN2Se+. The van der Waals surface area contributed by atoms with Gasteiger partial charge in [-0.1, -0.05) is 0 Å². The van der Waals surface area contributed by atoms with Gasteiger partial charge in [0.05, 0.1) is 0 Å². The maximum atomic E-state index is 2.65. The van der Waals surface area contributed by atoms with Gasteiger partial charge in [0.15, 0.2) is 0 Å². The zero-order valence-electron chi connectivity index (χ0n) is 33.2. The van der Waals surface area contributed by atoms with E-state index in [1.54, 1.807) is 0 Å². The molecule has 7 aromatic rings. The number of nitrogens with zero attached hydrogens (tertiary/aromatic N) is 2. The maximum absolute atomic E-state index is 2.65. The number of hydrogen-bond donors (Lipinski definition) is 0. The van der Waals surface area contributed by atoms with Crippen LogP contribution < -0.4 is 29.9 Å². The molecule has 2 aliphatic rings. The minimum absolute atomic E-state index is 0.0146. The molecule has 2 nitrogen and oxygen atoms in total. The number of rotatable bonds is 2. The molecule has 2 aliphatic heterocycles. The van der Waals surface area contributed by atoms with Crippen LogP contribution in [-0.2, 0) is 23.3 Å². The summed E-state index contributed by atoms with van der Waals surface area (Å²) < 4.78 is 7.93. The average molecular weight is 757 g/mol. The number of fused-ring (bicyclic) bond motifs is 7. The average Bonchev–Trinajstić information content (AvgIpc) is 3.43. The molecule has 53 heavy (non-hydrogen) atoms. The Kier molecular flexibility index (Phi) is 7.51. The predicted octanol–water partition coefficient (Wildman–Crippen LogP) is 7.94. The number of benzene rings is 5. The fourth-order valence-corrected chi connectivity index (χ4v) is 11.2. The first-order valence-corrected chi connectivity index (χ1v) is 20.9. The van der Waals surface area contributed by atoms with E-state index >= 15 is 0 Å². The standard InChI is InChI=1S/C49H50BN2Se/c1-29-14-12-13-15-35(29)41-22-30(20-21-51(41)11)31-23-42-45-44(24-31)53-43-19-17-33(48(5,6)7)27-38(43)50(45)39-28-34(49(8,9)10)26-37-36-25-32(47(2,3)4)16-18-40(36)52(42)46(37)39/h12-28H,1-11H3/q+1. The van der Waals surface area contributed by atoms with Crippen molar-refractivity contribution in [1.82, 2.24) is 4.57 Å². The van der Waals surface area contributed by atoms with Gasteiger partial charge in [-0.15, -0.1) is 0 Å².